The third-order valence-corrected chi connectivity index (χ3v) is 11.3. The van der Waals surface area contributed by atoms with Crippen molar-refractivity contribution in [3.05, 3.63) is 23.0 Å². The minimum absolute atomic E-state index is 0.0327. The van der Waals surface area contributed by atoms with Gasteiger partial charge < -0.3 is 39.6 Å². The van der Waals surface area contributed by atoms with E-state index in [-0.39, 0.29) is 43.6 Å². The van der Waals surface area contributed by atoms with Crippen LogP contribution in [0.3, 0.4) is 0 Å². The summed E-state index contributed by atoms with van der Waals surface area (Å²) in [6.45, 7) is 6.55. The van der Waals surface area contributed by atoms with Gasteiger partial charge in [-0.2, -0.15) is 0 Å². The maximum atomic E-state index is 13.7. The second-order valence-electron chi connectivity index (χ2n) is 14.2. The Kier molecular flexibility index (Phi) is 7.58. The molecule has 2 bridgehead atoms. The summed E-state index contributed by atoms with van der Waals surface area (Å²) in [5.41, 5.74) is 2.47. The Morgan fingerprint density at radius 3 is 2.47 bits per heavy atom. The standard InChI is InChI=1S/C32H41NO12/c1-13(2)8-20(35)45-24-26-31-12-42-32(26,29(40)41-5)27(38)22(37)25(31)30(4)11-18(34)23(44-21(36)10-17(33)15-6-7-15)14(3)16(30)9-19(31)43-28(24)39/h8,15-17,19,22,24-27,37-38H,6-7,9-12,33H2,1-5H3/t16-,17+,19+,22+,24+,25?,26+,27-,30-,31+,32-/m0/s1. The predicted octanol–water partition coefficient (Wildman–Crippen LogP) is 0.630. The third-order valence-electron chi connectivity index (χ3n) is 11.3. The molecule has 4 aliphatic carbocycles. The summed E-state index contributed by atoms with van der Waals surface area (Å²) in [5.74, 6) is -6.56. The fourth-order valence-corrected chi connectivity index (χ4v) is 9.42. The lowest BCUT2D eigenvalue weighted by Gasteiger charge is -2.67. The molecule has 4 N–H and O–H groups in total. The van der Waals surface area contributed by atoms with E-state index in [0.29, 0.717) is 11.1 Å². The number of nitrogens with two attached hydrogens (primary N) is 1. The van der Waals surface area contributed by atoms with Crippen molar-refractivity contribution in [1.82, 2.24) is 0 Å². The lowest BCUT2D eigenvalue weighted by molar-refractivity contribution is -0.290. The fourth-order valence-electron chi connectivity index (χ4n) is 9.42. The van der Waals surface area contributed by atoms with Gasteiger partial charge in [0.15, 0.2) is 11.5 Å². The molecule has 2 aliphatic heterocycles. The number of rotatable bonds is 7. The molecule has 0 aromatic rings. The molecular formula is C32H41NO12. The van der Waals surface area contributed by atoms with Gasteiger partial charge in [0, 0.05) is 29.9 Å². The molecule has 1 spiro atoms. The van der Waals surface area contributed by atoms with Crippen molar-refractivity contribution < 1.29 is 57.9 Å². The quantitative estimate of drug-likeness (QED) is 0.201. The van der Waals surface area contributed by atoms with E-state index >= 15 is 0 Å². The highest BCUT2D eigenvalue weighted by Crippen LogP contribution is 2.72. The van der Waals surface area contributed by atoms with Crippen LogP contribution in [0.1, 0.15) is 59.8 Å². The molecule has 5 fully saturated rings. The Balaban J connectivity index is 1.44. The number of hydrogen-bond donors (Lipinski definition) is 3. The summed E-state index contributed by atoms with van der Waals surface area (Å²) >= 11 is 0. The van der Waals surface area contributed by atoms with Crippen LogP contribution < -0.4 is 5.73 Å². The van der Waals surface area contributed by atoms with Crippen molar-refractivity contribution >= 4 is 29.7 Å². The van der Waals surface area contributed by atoms with Gasteiger partial charge >= 0.3 is 23.9 Å². The molecule has 0 radical (unpaired) electrons. The van der Waals surface area contributed by atoms with E-state index in [1.165, 1.54) is 6.08 Å². The molecule has 11 atom stereocenters. The average molecular weight is 632 g/mol. The van der Waals surface area contributed by atoms with Gasteiger partial charge in [-0.15, -0.1) is 0 Å². The number of carbonyl (C=O) groups is 5. The van der Waals surface area contributed by atoms with Gasteiger partial charge in [-0.1, -0.05) is 12.5 Å². The van der Waals surface area contributed by atoms with E-state index in [4.69, 9.17) is 29.4 Å². The summed E-state index contributed by atoms with van der Waals surface area (Å²) in [6.07, 6.45) is -3.20. The number of ether oxygens (including phenoxy) is 5. The maximum Gasteiger partial charge on any atom is 0.348 e. The van der Waals surface area contributed by atoms with Crippen LogP contribution in [-0.2, 0) is 47.7 Å². The molecule has 2 heterocycles. The van der Waals surface area contributed by atoms with Gasteiger partial charge in [0.2, 0.25) is 11.7 Å². The van der Waals surface area contributed by atoms with Crippen LogP contribution in [0, 0.1) is 34.5 Å². The summed E-state index contributed by atoms with van der Waals surface area (Å²) in [7, 11) is 1.09. The zero-order valence-electron chi connectivity index (χ0n) is 26.1. The van der Waals surface area contributed by atoms with Crippen LogP contribution in [0.4, 0.5) is 0 Å². The van der Waals surface area contributed by atoms with Gasteiger partial charge in [-0.25, -0.2) is 14.4 Å². The predicted molar refractivity (Wildman–Crippen MR) is 151 cm³/mol. The Morgan fingerprint density at radius 1 is 1.16 bits per heavy atom. The van der Waals surface area contributed by atoms with E-state index in [0.717, 1.165) is 20.0 Å². The lowest BCUT2D eigenvalue weighted by Crippen LogP contribution is -2.79. The van der Waals surface area contributed by atoms with Crippen molar-refractivity contribution in [1.29, 1.82) is 0 Å². The Bertz CT molecular complexity index is 1410. The van der Waals surface area contributed by atoms with Crippen molar-refractivity contribution in [2.24, 2.45) is 40.2 Å². The van der Waals surface area contributed by atoms with Crippen LogP contribution >= 0.6 is 0 Å². The second kappa shape index (κ2) is 10.7. The number of Topliss-reactive ketones (excluding diaryl/α,β-unsaturated/α-hetero) is 1. The van der Waals surface area contributed by atoms with E-state index in [1.807, 2.05) is 0 Å². The summed E-state index contributed by atoms with van der Waals surface area (Å²) in [6, 6.07) is -0.356. The van der Waals surface area contributed by atoms with Crippen LogP contribution in [-0.4, -0.2) is 89.6 Å². The molecule has 45 heavy (non-hydrogen) atoms. The average Bonchev–Trinajstić information content (AvgIpc) is 3.76. The SMILES string of the molecule is COC(=O)[C@@]12OC[C@]34C([C@@H](O)[C@@H]1O)[C@@]1(C)CC(=O)C(OC(=O)C[C@@H](N)C5CC5)=C(C)[C@@H]1C[C@H]3OC(=O)[C@H](OC(=O)C=C(C)C)[C@@H]24. The zero-order valence-corrected chi connectivity index (χ0v) is 26.1. The molecule has 246 valence electrons. The molecule has 13 nitrogen and oxygen atoms in total. The van der Waals surface area contributed by atoms with Crippen LogP contribution in [0.5, 0.6) is 0 Å². The highest BCUT2D eigenvalue weighted by atomic mass is 16.6. The van der Waals surface area contributed by atoms with Crippen molar-refractivity contribution in [2.45, 2.75) is 95.9 Å². The molecule has 0 aromatic heterocycles. The molecule has 3 saturated carbocycles. The number of aliphatic hydroxyl groups excluding tert-OH is 2. The topological polar surface area (TPSA) is 198 Å². The van der Waals surface area contributed by atoms with Crippen molar-refractivity contribution in [3.8, 4) is 0 Å². The Hall–Kier alpha value is -3.13. The summed E-state index contributed by atoms with van der Waals surface area (Å²) in [4.78, 5) is 66.5. The van der Waals surface area contributed by atoms with E-state index in [9.17, 15) is 34.2 Å². The fraction of sp³-hybridized carbons (Fsp3) is 0.719. The molecule has 0 aromatic carbocycles. The van der Waals surface area contributed by atoms with Gasteiger partial charge in [-0.05, 0) is 62.9 Å². The minimum Gasteiger partial charge on any atom is -0.467 e. The van der Waals surface area contributed by atoms with Crippen LogP contribution in [0.15, 0.2) is 23.0 Å². The molecule has 2 saturated heterocycles. The third kappa shape index (κ3) is 4.44. The van der Waals surface area contributed by atoms with Crippen molar-refractivity contribution in [3.63, 3.8) is 0 Å². The monoisotopic (exact) mass is 631 g/mol. The van der Waals surface area contributed by atoms with Gasteiger partial charge in [0.1, 0.15) is 12.2 Å². The normalized spacial score (nSPS) is 42.1. The number of ketones is 1. The number of aliphatic hydroxyl groups is 2. The zero-order chi connectivity index (χ0) is 32.8. The molecule has 1 unspecified atom stereocenters. The minimum atomic E-state index is -2.26. The Morgan fingerprint density at radius 2 is 1.84 bits per heavy atom. The number of fused-ring (bicyclic) bond motifs is 2. The first-order valence-corrected chi connectivity index (χ1v) is 15.5. The van der Waals surface area contributed by atoms with Gasteiger partial charge in [-0.3, -0.25) is 9.59 Å². The number of allylic oxidation sites excluding steroid dienone is 3. The number of hydrogen-bond acceptors (Lipinski definition) is 13. The molecule has 0 amide bonds. The molecule has 13 heteroatoms. The number of carbonyl (C=O) groups excluding carboxylic acids is 5. The first kappa shape index (κ1) is 31.8. The second-order valence-corrected chi connectivity index (χ2v) is 14.2. The first-order valence-electron chi connectivity index (χ1n) is 15.5. The molecule has 6 aliphatic rings. The Labute approximate surface area is 260 Å². The van der Waals surface area contributed by atoms with Gasteiger partial charge in [0.25, 0.3) is 0 Å². The summed E-state index contributed by atoms with van der Waals surface area (Å²) in [5, 5.41) is 23.6. The van der Waals surface area contributed by atoms with Gasteiger partial charge in [0.05, 0.1) is 32.2 Å². The van der Waals surface area contributed by atoms with E-state index < -0.39 is 88.3 Å². The van der Waals surface area contributed by atoms with Crippen LogP contribution in [0.25, 0.3) is 0 Å². The molecule has 6 rings (SSSR count). The summed E-state index contributed by atoms with van der Waals surface area (Å²) < 4.78 is 28.4. The maximum absolute atomic E-state index is 13.7. The molecular weight excluding hydrogens is 590 g/mol. The van der Waals surface area contributed by atoms with E-state index in [2.05, 4.69) is 0 Å². The van der Waals surface area contributed by atoms with Crippen molar-refractivity contribution in [2.75, 3.05) is 13.7 Å². The largest absolute Gasteiger partial charge is 0.467 e. The highest BCUT2D eigenvalue weighted by Gasteiger charge is 2.85. The lowest BCUT2D eigenvalue weighted by atomic mass is 9.38. The number of methoxy groups -OCH3 is 1. The van der Waals surface area contributed by atoms with Crippen LogP contribution in [0.2, 0.25) is 0 Å². The number of esters is 4. The van der Waals surface area contributed by atoms with E-state index in [1.54, 1.807) is 27.7 Å². The highest BCUT2D eigenvalue weighted by molar-refractivity contribution is 5.98. The first-order chi connectivity index (χ1) is 21.1. The smallest absolute Gasteiger partial charge is 0.348 e.